The number of halogens is 1. The minimum atomic E-state index is -1.43. The van der Waals surface area contributed by atoms with E-state index in [4.69, 9.17) is 0 Å². The lowest BCUT2D eigenvalue weighted by Gasteiger charge is -2.09. The van der Waals surface area contributed by atoms with Crippen LogP contribution in [0.5, 0.6) is 0 Å². The number of anilines is 1. The van der Waals surface area contributed by atoms with Crippen LogP contribution in [-0.2, 0) is 11.3 Å². The van der Waals surface area contributed by atoms with E-state index >= 15 is 0 Å². The quantitative estimate of drug-likeness (QED) is 0.500. The van der Waals surface area contributed by atoms with Crippen LogP contribution < -0.4 is 5.32 Å². The number of carbonyl (C=O) groups excluding carboxylic acids is 1. The van der Waals surface area contributed by atoms with Gasteiger partial charge in [-0.3, -0.25) is 4.79 Å². The fraction of sp³-hybridized carbons (Fsp3) is 0.133. The summed E-state index contributed by atoms with van der Waals surface area (Å²) in [7, 11) is 0. The number of carbonyl (C=O) groups is 1. The number of benzene rings is 2. The van der Waals surface area contributed by atoms with Gasteiger partial charge in [-0.2, -0.15) is 0 Å². The van der Waals surface area contributed by atoms with Crippen LogP contribution in [0.3, 0.4) is 0 Å². The van der Waals surface area contributed by atoms with Crippen molar-refractivity contribution in [2.75, 3.05) is 5.32 Å². The van der Waals surface area contributed by atoms with Gasteiger partial charge in [0.05, 0.1) is 6.54 Å². The summed E-state index contributed by atoms with van der Waals surface area (Å²) in [5, 5.41) is 23.2. The van der Waals surface area contributed by atoms with Gasteiger partial charge >= 0.3 is 0 Å². The summed E-state index contributed by atoms with van der Waals surface area (Å²) in [4.78, 5) is 10.6. The molecular formula is C15H13BrN2O3. The molecular weight excluding hydrogens is 336 g/mol. The number of nitrogens with one attached hydrogen (secondary N) is 1. The van der Waals surface area contributed by atoms with Crippen molar-refractivity contribution in [3.63, 3.8) is 0 Å². The number of amides is 1. The number of rotatable bonds is 4. The SMILES string of the molecule is O=CNc1ccc2c(c1)c1cc(Br)ccc1n2CC(O)O. The van der Waals surface area contributed by atoms with Crippen molar-refractivity contribution in [3.05, 3.63) is 40.9 Å². The normalized spacial score (nSPS) is 11.4. The maximum Gasteiger partial charge on any atom is 0.211 e. The fourth-order valence-electron chi connectivity index (χ4n) is 2.59. The predicted molar refractivity (Wildman–Crippen MR) is 85.1 cm³/mol. The summed E-state index contributed by atoms with van der Waals surface area (Å²) < 4.78 is 2.79. The molecule has 1 aromatic heterocycles. The highest BCUT2D eigenvalue weighted by atomic mass is 79.9. The molecule has 0 fully saturated rings. The summed E-state index contributed by atoms with van der Waals surface area (Å²) in [6, 6.07) is 11.3. The largest absolute Gasteiger partial charge is 0.367 e. The van der Waals surface area contributed by atoms with E-state index in [9.17, 15) is 15.0 Å². The maximum absolute atomic E-state index is 10.6. The first-order chi connectivity index (χ1) is 10.1. The van der Waals surface area contributed by atoms with Crippen molar-refractivity contribution in [1.82, 2.24) is 4.57 Å². The minimum absolute atomic E-state index is 0.0854. The molecule has 0 saturated heterocycles. The molecule has 21 heavy (non-hydrogen) atoms. The Morgan fingerprint density at radius 3 is 2.48 bits per heavy atom. The zero-order chi connectivity index (χ0) is 15.0. The van der Waals surface area contributed by atoms with Gasteiger partial charge in [0.25, 0.3) is 0 Å². The van der Waals surface area contributed by atoms with Gasteiger partial charge < -0.3 is 20.1 Å². The van der Waals surface area contributed by atoms with Crippen molar-refractivity contribution in [1.29, 1.82) is 0 Å². The van der Waals surface area contributed by atoms with E-state index in [1.807, 2.05) is 34.9 Å². The van der Waals surface area contributed by atoms with Crippen LogP contribution in [0.1, 0.15) is 0 Å². The molecule has 0 saturated carbocycles. The Morgan fingerprint density at radius 1 is 1.14 bits per heavy atom. The van der Waals surface area contributed by atoms with Crippen LogP contribution in [-0.4, -0.2) is 27.5 Å². The van der Waals surface area contributed by atoms with E-state index in [-0.39, 0.29) is 6.54 Å². The van der Waals surface area contributed by atoms with Crippen LogP contribution in [0.4, 0.5) is 5.69 Å². The van der Waals surface area contributed by atoms with Gasteiger partial charge in [-0.05, 0) is 36.4 Å². The number of nitrogens with zero attached hydrogens (tertiary/aromatic N) is 1. The highest BCUT2D eigenvalue weighted by Crippen LogP contribution is 2.33. The zero-order valence-electron chi connectivity index (χ0n) is 11.0. The monoisotopic (exact) mass is 348 g/mol. The Kier molecular flexibility index (Phi) is 3.67. The summed E-state index contributed by atoms with van der Waals surface area (Å²) in [5.41, 5.74) is 2.48. The smallest absolute Gasteiger partial charge is 0.211 e. The molecule has 0 atom stereocenters. The van der Waals surface area contributed by atoms with E-state index in [0.717, 1.165) is 26.3 Å². The summed E-state index contributed by atoms with van der Waals surface area (Å²) in [5.74, 6) is 0. The molecule has 0 unspecified atom stereocenters. The first-order valence-electron chi connectivity index (χ1n) is 6.38. The molecule has 6 heteroatoms. The molecule has 0 spiro atoms. The molecule has 2 aromatic carbocycles. The summed E-state index contributed by atoms with van der Waals surface area (Å²) in [6.07, 6.45) is -0.798. The second-order valence-corrected chi connectivity index (χ2v) is 5.66. The van der Waals surface area contributed by atoms with E-state index in [2.05, 4.69) is 21.2 Å². The number of hydrogen-bond donors (Lipinski definition) is 3. The van der Waals surface area contributed by atoms with Crippen LogP contribution in [0, 0.1) is 0 Å². The van der Waals surface area contributed by atoms with Crippen molar-refractivity contribution < 1.29 is 15.0 Å². The molecule has 1 heterocycles. The van der Waals surface area contributed by atoms with Crippen LogP contribution in [0.25, 0.3) is 21.8 Å². The standard InChI is InChI=1S/C15H13BrN2O3/c16-9-1-3-13-11(5-9)12-6-10(17-8-19)2-4-14(12)18(13)7-15(20)21/h1-6,8,15,20-21H,7H2,(H,17,19). The highest BCUT2D eigenvalue weighted by molar-refractivity contribution is 9.10. The van der Waals surface area contributed by atoms with Gasteiger partial charge in [-0.15, -0.1) is 0 Å². The first-order valence-corrected chi connectivity index (χ1v) is 7.17. The molecule has 3 aromatic rings. The Bertz CT molecular complexity index is 827. The number of aromatic nitrogens is 1. The summed E-state index contributed by atoms with van der Waals surface area (Å²) in [6.45, 7) is 0.0854. The van der Waals surface area contributed by atoms with Gasteiger partial charge in [-0.1, -0.05) is 15.9 Å². The molecule has 3 N–H and O–H groups in total. The molecule has 0 bridgehead atoms. The Balaban J connectivity index is 2.34. The minimum Gasteiger partial charge on any atom is -0.367 e. The van der Waals surface area contributed by atoms with Gasteiger partial charge in [0.1, 0.15) is 0 Å². The number of fused-ring (bicyclic) bond motifs is 3. The average Bonchev–Trinajstić information content (AvgIpc) is 2.72. The fourth-order valence-corrected chi connectivity index (χ4v) is 2.96. The molecule has 108 valence electrons. The Morgan fingerprint density at radius 2 is 1.81 bits per heavy atom. The lowest BCUT2D eigenvalue weighted by atomic mass is 10.1. The molecule has 0 aliphatic carbocycles. The van der Waals surface area contributed by atoms with E-state index in [1.165, 1.54) is 0 Å². The van der Waals surface area contributed by atoms with E-state index < -0.39 is 6.29 Å². The molecule has 3 rings (SSSR count). The zero-order valence-corrected chi connectivity index (χ0v) is 12.5. The van der Waals surface area contributed by atoms with Crippen LogP contribution in [0.15, 0.2) is 40.9 Å². The third-order valence-corrected chi connectivity index (χ3v) is 3.89. The third kappa shape index (κ3) is 2.53. The van der Waals surface area contributed by atoms with Crippen molar-refractivity contribution in [3.8, 4) is 0 Å². The van der Waals surface area contributed by atoms with E-state index in [1.54, 1.807) is 6.07 Å². The van der Waals surface area contributed by atoms with Gasteiger partial charge in [0, 0.05) is 32.0 Å². The van der Waals surface area contributed by atoms with Gasteiger partial charge in [0.15, 0.2) is 6.29 Å². The van der Waals surface area contributed by atoms with E-state index in [0.29, 0.717) is 12.1 Å². The number of aliphatic hydroxyl groups excluding tert-OH is 1. The second-order valence-electron chi connectivity index (χ2n) is 4.75. The third-order valence-electron chi connectivity index (χ3n) is 3.40. The van der Waals surface area contributed by atoms with Crippen molar-refractivity contribution >= 4 is 49.8 Å². The molecule has 0 radical (unpaired) electrons. The average molecular weight is 349 g/mol. The number of hydrogen-bond acceptors (Lipinski definition) is 3. The predicted octanol–water partition coefficient (Wildman–Crippen LogP) is 2.44. The maximum atomic E-state index is 10.6. The molecule has 0 aliphatic rings. The Labute approximate surface area is 128 Å². The molecule has 0 aliphatic heterocycles. The lowest BCUT2D eigenvalue weighted by molar-refractivity contribution is -0.105. The van der Waals surface area contributed by atoms with Crippen molar-refractivity contribution in [2.24, 2.45) is 0 Å². The van der Waals surface area contributed by atoms with Crippen LogP contribution >= 0.6 is 15.9 Å². The van der Waals surface area contributed by atoms with Gasteiger partial charge in [0.2, 0.25) is 6.41 Å². The summed E-state index contributed by atoms with van der Waals surface area (Å²) >= 11 is 3.45. The van der Waals surface area contributed by atoms with Crippen LogP contribution in [0.2, 0.25) is 0 Å². The molecule has 5 nitrogen and oxygen atoms in total. The first kappa shape index (κ1) is 14.1. The van der Waals surface area contributed by atoms with Crippen molar-refractivity contribution in [2.45, 2.75) is 12.8 Å². The lowest BCUT2D eigenvalue weighted by Crippen LogP contribution is -2.14. The second kappa shape index (κ2) is 5.48. The number of aliphatic hydroxyl groups is 2. The Hall–Kier alpha value is -1.89. The highest BCUT2D eigenvalue weighted by Gasteiger charge is 2.13. The molecule has 1 amide bonds. The van der Waals surface area contributed by atoms with Gasteiger partial charge in [-0.25, -0.2) is 0 Å². The topological polar surface area (TPSA) is 74.5 Å².